The third-order valence-corrected chi connectivity index (χ3v) is 4.26. The lowest BCUT2D eigenvalue weighted by molar-refractivity contribution is 0.483. The molecule has 0 amide bonds. The van der Waals surface area contributed by atoms with E-state index in [1.807, 2.05) is 54.6 Å². The van der Waals surface area contributed by atoms with Crippen LogP contribution in [0, 0.1) is 3.57 Å². The minimum Gasteiger partial charge on any atom is -0.457 e. The lowest BCUT2D eigenvalue weighted by Gasteiger charge is -2.09. The second-order valence-corrected chi connectivity index (χ2v) is 6.16. The smallest absolute Gasteiger partial charge is 0.128 e. The Morgan fingerprint density at radius 1 is 0.762 bits per heavy atom. The molecule has 0 aromatic heterocycles. The van der Waals surface area contributed by atoms with E-state index >= 15 is 0 Å². The summed E-state index contributed by atoms with van der Waals surface area (Å²) in [6.07, 6.45) is 0. The first-order valence-electron chi connectivity index (χ1n) is 6.51. The van der Waals surface area contributed by atoms with Gasteiger partial charge in [-0.1, -0.05) is 41.9 Å². The van der Waals surface area contributed by atoms with Gasteiger partial charge in [0, 0.05) is 8.59 Å². The van der Waals surface area contributed by atoms with E-state index in [9.17, 15) is 0 Å². The van der Waals surface area contributed by atoms with Crippen molar-refractivity contribution in [2.24, 2.45) is 0 Å². The molecule has 0 unspecified atom stereocenters. The first kappa shape index (κ1) is 14.4. The molecule has 0 heterocycles. The molecule has 0 aliphatic rings. The Morgan fingerprint density at radius 3 is 2.29 bits per heavy atom. The summed E-state index contributed by atoms with van der Waals surface area (Å²) in [5, 5.41) is 0.704. The molecule has 0 atom stereocenters. The van der Waals surface area contributed by atoms with E-state index < -0.39 is 0 Å². The molecular weight excluding hydrogens is 395 g/mol. The largest absolute Gasteiger partial charge is 0.457 e. The normalized spacial score (nSPS) is 10.4. The average molecular weight is 407 g/mol. The second kappa shape index (κ2) is 6.50. The Labute approximate surface area is 142 Å². The van der Waals surface area contributed by atoms with Crippen LogP contribution in [-0.4, -0.2) is 0 Å². The molecule has 21 heavy (non-hydrogen) atoms. The highest BCUT2D eigenvalue weighted by molar-refractivity contribution is 14.1. The van der Waals surface area contributed by atoms with Crippen LogP contribution in [-0.2, 0) is 0 Å². The Balaban J connectivity index is 1.90. The van der Waals surface area contributed by atoms with Crippen LogP contribution >= 0.6 is 34.2 Å². The fraction of sp³-hybridized carbons (Fsp3) is 0. The van der Waals surface area contributed by atoms with Crippen LogP contribution in [0.5, 0.6) is 11.5 Å². The third-order valence-electron chi connectivity index (χ3n) is 3.07. The van der Waals surface area contributed by atoms with Crippen molar-refractivity contribution in [1.82, 2.24) is 0 Å². The van der Waals surface area contributed by atoms with E-state index in [-0.39, 0.29) is 0 Å². The summed E-state index contributed by atoms with van der Waals surface area (Å²) in [5.74, 6) is 1.59. The molecule has 0 bridgehead atoms. The van der Waals surface area contributed by atoms with Gasteiger partial charge in [-0.15, -0.1) is 0 Å². The van der Waals surface area contributed by atoms with E-state index in [1.165, 1.54) is 9.13 Å². The summed E-state index contributed by atoms with van der Waals surface area (Å²) in [6.45, 7) is 0. The maximum atomic E-state index is 5.88. The van der Waals surface area contributed by atoms with Crippen LogP contribution in [0.2, 0.25) is 5.02 Å². The van der Waals surface area contributed by atoms with Gasteiger partial charge in [0.15, 0.2) is 0 Å². The zero-order valence-electron chi connectivity index (χ0n) is 11.1. The number of hydrogen-bond donors (Lipinski definition) is 0. The van der Waals surface area contributed by atoms with Crippen molar-refractivity contribution in [2.45, 2.75) is 0 Å². The fourth-order valence-electron chi connectivity index (χ4n) is 2.06. The van der Waals surface area contributed by atoms with Gasteiger partial charge >= 0.3 is 0 Å². The summed E-state index contributed by atoms with van der Waals surface area (Å²) in [6, 6.07) is 23.8. The zero-order valence-corrected chi connectivity index (χ0v) is 14.0. The van der Waals surface area contributed by atoms with Crippen molar-refractivity contribution in [3.8, 4) is 22.6 Å². The summed E-state index contributed by atoms with van der Waals surface area (Å²) in [5.41, 5.74) is 2.35. The highest BCUT2D eigenvalue weighted by atomic mass is 127. The highest BCUT2D eigenvalue weighted by Gasteiger charge is 2.04. The summed E-state index contributed by atoms with van der Waals surface area (Å²) in [4.78, 5) is 0. The second-order valence-electron chi connectivity index (χ2n) is 4.56. The van der Waals surface area contributed by atoms with Crippen molar-refractivity contribution < 1.29 is 4.74 Å². The minimum atomic E-state index is 0.704. The minimum absolute atomic E-state index is 0.704. The van der Waals surface area contributed by atoms with Crippen LogP contribution in [0.4, 0.5) is 0 Å². The van der Waals surface area contributed by atoms with Gasteiger partial charge in [-0.3, -0.25) is 0 Å². The number of halogens is 2. The van der Waals surface area contributed by atoms with Crippen LogP contribution in [0.15, 0.2) is 72.8 Å². The molecule has 3 rings (SSSR count). The Bertz CT molecular complexity index is 753. The average Bonchev–Trinajstić information content (AvgIpc) is 2.50. The SMILES string of the molecule is Clc1ccc(Oc2cccc(-c3ccccc3I)c2)cc1. The molecule has 0 spiro atoms. The first-order chi connectivity index (χ1) is 10.2. The molecule has 0 aliphatic heterocycles. The van der Waals surface area contributed by atoms with Gasteiger partial charge in [0.05, 0.1) is 0 Å². The van der Waals surface area contributed by atoms with Crippen LogP contribution < -0.4 is 4.74 Å². The molecule has 0 saturated carbocycles. The quantitative estimate of drug-likeness (QED) is 0.457. The van der Waals surface area contributed by atoms with Gasteiger partial charge in [-0.25, -0.2) is 0 Å². The molecule has 0 fully saturated rings. The van der Waals surface area contributed by atoms with Crippen molar-refractivity contribution in [3.05, 3.63) is 81.4 Å². The van der Waals surface area contributed by atoms with E-state index in [1.54, 1.807) is 0 Å². The molecule has 0 N–H and O–H groups in total. The molecule has 1 nitrogen and oxygen atoms in total. The molecular formula is C18H12ClIO. The number of ether oxygens (including phenoxy) is 1. The maximum absolute atomic E-state index is 5.88. The molecule has 0 saturated heterocycles. The third kappa shape index (κ3) is 3.57. The maximum Gasteiger partial charge on any atom is 0.128 e. The number of benzene rings is 3. The van der Waals surface area contributed by atoms with Gasteiger partial charge in [0.1, 0.15) is 11.5 Å². The molecule has 3 aromatic carbocycles. The van der Waals surface area contributed by atoms with Crippen molar-refractivity contribution >= 4 is 34.2 Å². The standard InChI is InChI=1S/C18H12ClIO/c19-14-8-10-15(11-9-14)21-16-5-3-4-13(12-16)17-6-1-2-7-18(17)20/h1-12H. The lowest BCUT2D eigenvalue weighted by Crippen LogP contribution is -1.86. The van der Waals surface area contributed by atoms with Crippen molar-refractivity contribution in [3.63, 3.8) is 0 Å². The van der Waals surface area contributed by atoms with Gasteiger partial charge in [0.25, 0.3) is 0 Å². The predicted molar refractivity (Wildman–Crippen MR) is 96.1 cm³/mol. The van der Waals surface area contributed by atoms with Gasteiger partial charge < -0.3 is 4.74 Å². The first-order valence-corrected chi connectivity index (χ1v) is 7.96. The van der Waals surface area contributed by atoms with Gasteiger partial charge in [0.2, 0.25) is 0 Å². The molecule has 0 aliphatic carbocycles. The zero-order chi connectivity index (χ0) is 14.7. The Hall–Kier alpha value is -1.52. The Morgan fingerprint density at radius 2 is 1.52 bits per heavy atom. The Kier molecular flexibility index (Phi) is 4.46. The van der Waals surface area contributed by atoms with Crippen molar-refractivity contribution in [1.29, 1.82) is 0 Å². The van der Waals surface area contributed by atoms with Crippen LogP contribution in [0.3, 0.4) is 0 Å². The lowest BCUT2D eigenvalue weighted by atomic mass is 10.1. The van der Waals surface area contributed by atoms with Crippen LogP contribution in [0.1, 0.15) is 0 Å². The van der Waals surface area contributed by atoms with E-state index in [4.69, 9.17) is 16.3 Å². The monoisotopic (exact) mass is 406 g/mol. The molecule has 104 valence electrons. The molecule has 3 aromatic rings. The van der Waals surface area contributed by atoms with E-state index in [0.717, 1.165) is 17.1 Å². The highest BCUT2D eigenvalue weighted by Crippen LogP contribution is 2.30. The summed E-state index contributed by atoms with van der Waals surface area (Å²) >= 11 is 8.23. The predicted octanol–water partition coefficient (Wildman–Crippen LogP) is 6.40. The van der Waals surface area contributed by atoms with Gasteiger partial charge in [-0.2, -0.15) is 0 Å². The topological polar surface area (TPSA) is 9.23 Å². The van der Waals surface area contributed by atoms with E-state index in [0.29, 0.717) is 5.02 Å². The molecule has 0 radical (unpaired) electrons. The van der Waals surface area contributed by atoms with Crippen molar-refractivity contribution in [2.75, 3.05) is 0 Å². The summed E-state index contributed by atoms with van der Waals surface area (Å²) in [7, 11) is 0. The van der Waals surface area contributed by atoms with Gasteiger partial charge in [-0.05, 0) is 76.2 Å². The summed E-state index contributed by atoms with van der Waals surface area (Å²) < 4.78 is 7.10. The van der Waals surface area contributed by atoms with E-state index in [2.05, 4.69) is 40.8 Å². The number of hydrogen-bond acceptors (Lipinski definition) is 1. The molecule has 3 heteroatoms. The fourth-order valence-corrected chi connectivity index (χ4v) is 2.89. The number of rotatable bonds is 3. The van der Waals surface area contributed by atoms with Crippen LogP contribution in [0.25, 0.3) is 11.1 Å².